The molecule has 7 nitrogen and oxygen atoms in total. The largest absolute Gasteiger partial charge is 0.348 e. The van der Waals surface area contributed by atoms with Gasteiger partial charge in [0.05, 0.1) is 5.69 Å². The van der Waals surface area contributed by atoms with Crippen molar-refractivity contribution in [2.75, 3.05) is 13.1 Å². The van der Waals surface area contributed by atoms with E-state index in [4.69, 9.17) is 0 Å². The van der Waals surface area contributed by atoms with Gasteiger partial charge < -0.3 is 10.6 Å². The Kier molecular flexibility index (Phi) is 3.69. The van der Waals surface area contributed by atoms with Gasteiger partial charge in [-0.25, -0.2) is 4.68 Å². The number of aromatic nitrogens is 4. The lowest BCUT2D eigenvalue weighted by Crippen LogP contribution is -2.45. The molecular weight excluding hydrogens is 256 g/mol. The summed E-state index contributed by atoms with van der Waals surface area (Å²) in [6.45, 7) is 1.88. The molecule has 0 radical (unpaired) electrons. The zero-order chi connectivity index (χ0) is 13.8. The number of hydrogen-bond acceptors (Lipinski definition) is 5. The van der Waals surface area contributed by atoms with Crippen LogP contribution in [0, 0.1) is 0 Å². The summed E-state index contributed by atoms with van der Waals surface area (Å²) in [4.78, 5) is 12.1. The van der Waals surface area contributed by atoms with Crippen LogP contribution in [0.15, 0.2) is 30.6 Å². The Morgan fingerprint density at radius 3 is 2.85 bits per heavy atom. The van der Waals surface area contributed by atoms with Crippen molar-refractivity contribution in [1.29, 1.82) is 0 Å². The SMILES string of the molecule is O=C(N[C@H]1CCCNC1)c1ccc(-n2cnnn2)cc1. The molecule has 7 heteroatoms. The lowest BCUT2D eigenvalue weighted by molar-refractivity contribution is 0.0930. The fourth-order valence-electron chi connectivity index (χ4n) is 2.29. The highest BCUT2D eigenvalue weighted by Gasteiger charge is 2.16. The van der Waals surface area contributed by atoms with E-state index in [1.807, 2.05) is 12.1 Å². The molecule has 2 N–H and O–H groups in total. The fourth-order valence-corrected chi connectivity index (χ4v) is 2.29. The Bertz CT molecular complexity index is 559. The predicted octanol–water partition coefficient (Wildman–Crippen LogP) is 0.144. The molecule has 1 aromatic carbocycles. The van der Waals surface area contributed by atoms with Gasteiger partial charge in [-0.05, 0) is 54.1 Å². The first kappa shape index (κ1) is 12.7. The van der Waals surface area contributed by atoms with Crippen LogP contribution in [0.5, 0.6) is 0 Å². The molecule has 1 aromatic heterocycles. The number of carbonyl (C=O) groups excluding carboxylic acids is 1. The predicted molar refractivity (Wildman–Crippen MR) is 72.5 cm³/mol. The van der Waals surface area contributed by atoms with Crippen LogP contribution in [-0.2, 0) is 0 Å². The van der Waals surface area contributed by atoms with Crippen LogP contribution in [-0.4, -0.2) is 45.2 Å². The molecule has 104 valence electrons. The van der Waals surface area contributed by atoms with Gasteiger partial charge in [0.2, 0.25) is 0 Å². The highest BCUT2D eigenvalue weighted by molar-refractivity contribution is 5.94. The van der Waals surface area contributed by atoms with E-state index in [9.17, 15) is 4.79 Å². The van der Waals surface area contributed by atoms with Gasteiger partial charge in [0.15, 0.2) is 0 Å². The van der Waals surface area contributed by atoms with Crippen molar-refractivity contribution in [2.24, 2.45) is 0 Å². The molecule has 1 aliphatic rings. The lowest BCUT2D eigenvalue weighted by atomic mass is 10.1. The molecule has 0 unspecified atom stereocenters. The first-order valence-electron chi connectivity index (χ1n) is 6.68. The molecule has 2 heterocycles. The van der Waals surface area contributed by atoms with E-state index in [0.717, 1.165) is 31.6 Å². The Morgan fingerprint density at radius 2 is 2.20 bits per heavy atom. The van der Waals surface area contributed by atoms with Crippen molar-refractivity contribution in [3.05, 3.63) is 36.2 Å². The maximum absolute atomic E-state index is 12.1. The van der Waals surface area contributed by atoms with Crippen molar-refractivity contribution < 1.29 is 4.79 Å². The minimum Gasteiger partial charge on any atom is -0.348 e. The molecule has 2 aromatic rings. The minimum atomic E-state index is -0.0398. The molecule has 3 rings (SSSR count). The summed E-state index contributed by atoms with van der Waals surface area (Å²) >= 11 is 0. The van der Waals surface area contributed by atoms with E-state index in [-0.39, 0.29) is 11.9 Å². The molecule has 0 saturated carbocycles. The Labute approximate surface area is 116 Å². The number of hydrogen-bond donors (Lipinski definition) is 2. The smallest absolute Gasteiger partial charge is 0.251 e. The zero-order valence-electron chi connectivity index (χ0n) is 11.0. The van der Waals surface area contributed by atoms with Crippen LogP contribution in [0.3, 0.4) is 0 Å². The number of benzene rings is 1. The van der Waals surface area contributed by atoms with Gasteiger partial charge in [0.1, 0.15) is 6.33 Å². The minimum absolute atomic E-state index is 0.0398. The second-order valence-corrected chi connectivity index (χ2v) is 4.82. The van der Waals surface area contributed by atoms with Gasteiger partial charge in [-0.15, -0.1) is 5.10 Å². The molecule has 0 spiro atoms. The van der Waals surface area contributed by atoms with Crippen LogP contribution in [0.25, 0.3) is 5.69 Å². The van der Waals surface area contributed by atoms with Gasteiger partial charge in [-0.3, -0.25) is 4.79 Å². The second kappa shape index (κ2) is 5.79. The number of piperidine rings is 1. The highest BCUT2D eigenvalue weighted by atomic mass is 16.1. The first-order valence-corrected chi connectivity index (χ1v) is 6.68. The van der Waals surface area contributed by atoms with Crippen LogP contribution < -0.4 is 10.6 Å². The molecule has 1 amide bonds. The van der Waals surface area contributed by atoms with Crippen molar-refractivity contribution in [2.45, 2.75) is 18.9 Å². The third-order valence-electron chi connectivity index (χ3n) is 3.38. The number of carbonyl (C=O) groups is 1. The van der Waals surface area contributed by atoms with Gasteiger partial charge >= 0.3 is 0 Å². The zero-order valence-corrected chi connectivity index (χ0v) is 11.0. The first-order chi connectivity index (χ1) is 9.83. The van der Waals surface area contributed by atoms with E-state index in [0.29, 0.717) is 5.56 Å². The number of rotatable bonds is 3. The van der Waals surface area contributed by atoms with Crippen LogP contribution in [0.2, 0.25) is 0 Å². The van der Waals surface area contributed by atoms with Gasteiger partial charge in [0, 0.05) is 18.2 Å². The molecule has 1 aliphatic heterocycles. The maximum Gasteiger partial charge on any atom is 0.251 e. The third-order valence-corrected chi connectivity index (χ3v) is 3.38. The number of nitrogens with zero attached hydrogens (tertiary/aromatic N) is 4. The summed E-state index contributed by atoms with van der Waals surface area (Å²) in [5.41, 5.74) is 1.47. The molecule has 1 fully saturated rings. The van der Waals surface area contributed by atoms with E-state index < -0.39 is 0 Å². The normalized spacial score (nSPS) is 18.7. The Morgan fingerprint density at radius 1 is 1.35 bits per heavy atom. The molecule has 1 atom stereocenters. The van der Waals surface area contributed by atoms with Crippen molar-refractivity contribution >= 4 is 5.91 Å². The van der Waals surface area contributed by atoms with Gasteiger partial charge in [0.25, 0.3) is 5.91 Å². The van der Waals surface area contributed by atoms with Crippen molar-refractivity contribution in [3.63, 3.8) is 0 Å². The van der Waals surface area contributed by atoms with Gasteiger partial charge in [-0.1, -0.05) is 0 Å². The number of nitrogens with one attached hydrogen (secondary N) is 2. The van der Waals surface area contributed by atoms with E-state index >= 15 is 0 Å². The summed E-state index contributed by atoms with van der Waals surface area (Å²) in [5.74, 6) is -0.0398. The van der Waals surface area contributed by atoms with E-state index in [1.165, 1.54) is 6.33 Å². The van der Waals surface area contributed by atoms with Gasteiger partial charge in [-0.2, -0.15) is 0 Å². The van der Waals surface area contributed by atoms with Crippen LogP contribution in [0.4, 0.5) is 0 Å². The van der Waals surface area contributed by atoms with Crippen LogP contribution >= 0.6 is 0 Å². The average molecular weight is 272 g/mol. The van der Waals surface area contributed by atoms with Crippen molar-refractivity contribution in [1.82, 2.24) is 30.8 Å². The van der Waals surface area contributed by atoms with E-state index in [2.05, 4.69) is 26.2 Å². The molecule has 1 saturated heterocycles. The Balaban J connectivity index is 1.66. The number of amides is 1. The topological polar surface area (TPSA) is 84.7 Å². The molecule has 0 bridgehead atoms. The quantitative estimate of drug-likeness (QED) is 0.830. The molecular formula is C13H16N6O. The Hall–Kier alpha value is -2.28. The molecule has 0 aliphatic carbocycles. The van der Waals surface area contributed by atoms with E-state index in [1.54, 1.807) is 16.8 Å². The summed E-state index contributed by atoms with van der Waals surface area (Å²) in [6, 6.07) is 7.43. The fraction of sp³-hybridized carbons (Fsp3) is 0.385. The summed E-state index contributed by atoms with van der Waals surface area (Å²) in [5, 5.41) is 17.3. The summed E-state index contributed by atoms with van der Waals surface area (Å²) in [6.07, 6.45) is 3.65. The third kappa shape index (κ3) is 2.83. The maximum atomic E-state index is 12.1. The standard InChI is InChI=1S/C13H16N6O/c20-13(16-11-2-1-7-14-8-11)10-3-5-12(6-4-10)19-9-15-17-18-19/h3-6,9,11,14H,1-2,7-8H2,(H,16,20)/t11-/m0/s1. The summed E-state index contributed by atoms with van der Waals surface area (Å²) < 4.78 is 1.55. The second-order valence-electron chi connectivity index (χ2n) is 4.82. The molecule has 20 heavy (non-hydrogen) atoms. The average Bonchev–Trinajstić information content (AvgIpc) is 3.03. The number of tetrazole rings is 1. The van der Waals surface area contributed by atoms with Crippen LogP contribution in [0.1, 0.15) is 23.2 Å². The summed E-state index contributed by atoms with van der Waals surface area (Å²) in [7, 11) is 0. The lowest BCUT2D eigenvalue weighted by Gasteiger charge is -2.23. The highest BCUT2D eigenvalue weighted by Crippen LogP contribution is 2.09. The monoisotopic (exact) mass is 272 g/mol. The van der Waals surface area contributed by atoms with Crippen molar-refractivity contribution in [3.8, 4) is 5.69 Å².